The summed E-state index contributed by atoms with van der Waals surface area (Å²) < 4.78 is 12.3. The van der Waals surface area contributed by atoms with E-state index < -0.39 is 18.0 Å². The van der Waals surface area contributed by atoms with Crippen LogP contribution in [-0.4, -0.2) is 33.3 Å². The molecule has 0 bridgehead atoms. The number of fused-ring (bicyclic) bond motifs is 5. The Bertz CT molecular complexity index is 1370. The van der Waals surface area contributed by atoms with E-state index in [1.54, 1.807) is 22.8 Å². The number of hydrogen-bond donors (Lipinski definition) is 3. The number of aliphatic hydroxyl groups is 1. The summed E-state index contributed by atoms with van der Waals surface area (Å²) in [7, 11) is 0. The first-order chi connectivity index (χ1) is 17.3. The number of nitrogens with one attached hydrogen (secondary N) is 1. The summed E-state index contributed by atoms with van der Waals surface area (Å²) >= 11 is 0. The molecule has 3 aliphatic heterocycles. The Morgan fingerprint density at radius 1 is 1.33 bits per heavy atom. The van der Waals surface area contributed by atoms with E-state index >= 15 is 0 Å². The van der Waals surface area contributed by atoms with Gasteiger partial charge < -0.3 is 29.6 Å². The monoisotopic (exact) mass is 492 g/mol. The van der Waals surface area contributed by atoms with Gasteiger partial charge in [-0.1, -0.05) is 26.5 Å². The Labute approximate surface area is 208 Å². The van der Waals surface area contributed by atoms with E-state index in [0.29, 0.717) is 24.4 Å². The molecular weight excluding hydrogens is 464 g/mol. The Morgan fingerprint density at radius 2 is 2.08 bits per heavy atom. The van der Waals surface area contributed by atoms with Crippen molar-refractivity contribution in [1.82, 2.24) is 4.57 Å². The maximum Gasteiger partial charge on any atom is 0.340 e. The van der Waals surface area contributed by atoms with E-state index in [0.717, 1.165) is 22.4 Å². The summed E-state index contributed by atoms with van der Waals surface area (Å²) in [4.78, 5) is 36.0. The lowest BCUT2D eigenvalue weighted by Crippen LogP contribution is -2.33. The second-order valence-electron chi connectivity index (χ2n) is 8.39. The van der Waals surface area contributed by atoms with Gasteiger partial charge in [0.25, 0.3) is 5.56 Å². The fourth-order valence-corrected chi connectivity index (χ4v) is 4.62. The lowest BCUT2D eigenvalue weighted by molar-refractivity contribution is -0.157. The number of aliphatic hydroxyl groups excluding tert-OH is 1. The predicted octanol–water partition coefficient (Wildman–Crippen LogP) is 3.28. The van der Waals surface area contributed by atoms with Crippen molar-refractivity contribution in [3.63, 3.8) is 0 Å². The summed E-state index contributed by atoms with van der Waals surface area (Å²) in [6, 6.07) is 4.99. The number of carbonyl (C=O) groups is 2. The number of nitrogens with zero attached hydrogens (tertiary/aromatic N) is 1. The second kappa shape index (κ2) is 9.87. The summed E-state index contributed by atoms with van der Waals surface area (Å²) in [6.07, 6.45) is 2.74. The SMILES string of the molecule is C=CCc1c(OCC(=C)C(=O)O)ccc2c1C=C1Cn3c(cc4c(c3=O)COC(=O)C4O)C1N2.CC. The van der Waals surface area contributed by atoms with Crippen molar-refractivity contribution in [2.45, 2.75) is 45.6 Å². The summed E-state index contributed by atoms with van der Waals surface area (Å²) in [6.45, 7) is 11.4. The van der Waals surface area contributed by atoms with Crippen LogP contribution in [0.15, 0.2) is 53.4 Å². The average molecular weight is 493 g/mol. The highest BCUT2D eigenvalue weighted by atomic mass is 16.5. The van der Waals surface area contributed by atoms with Crippen molar-refractivity contribution < 1.29 is 29.3 Å². The number of anilines is 1. The minimum absolute atomic E-state index is 0.0574. The van der Waals surface area contributed by atoms with Gasteiger partial charge in [0.15, 0.2) is 6.10 Å². The molecule has 0 spiro atoms. The fourth-order valence-electron chi connectivity index (χ4n) is 4.62. The molecule has 0 saturated carbocycles. The normalized spacial score (nSPS) is 18.5. The number of carboxylic acids is 1. The molecule has 0 amide bonds. The van der Waals surface area contributed by atoms with Crippen molar-refractivity contribution in [3.8, 4) is 5.75 Å². The van der Waals surface area contributed by atoms with Crippen molar-refractivity contribution in [1.29, 1.82) is 0 Å². The zero-order valence-corrected chi connectivity index (χ0v) is 20.2. The van der Waals surface area contributed by atoms with Crippen LogP contribution in [0, 0.1) is 0 Å². The Balaban J connectivity index is 0.00000148. The quantitative estimate of drug-likeness (QED) is 0.319. The molecule has 188 valence electrons. The molecule has 0 radical (unpaired) electrons. The van der Waals surface area contributed by atoms with Crippen molar-refractivity contribution in [2.24, 2.45) is 0 Å². The average Bonchev–Trinajstić information content (AvgIpc) is 3.24. The Morgan fingerprint density at radius 3 is 2.78 bits per heavy atom. The summed E-state index contributed by atoms with van der Waals surface area (Å²) in [5.41, 5.74) is 4.35. The van der Waals surface area contributed by atoms with Crippen molar-refractivity contribution in [3.05, 3.63) is 86.9 Å². The fraction of sp³-hybridized carbons (Fsp3) is 0.296. The maximum atomic E-state index is 13.1. The van der Waals surface area contributed by atoms with Gasteiger partial charge in [0, 0.05) is 34.6 Å². The standard InChI is InChI=1S/C25H22N2O7.C2H6/c1-3-4-14-15-7-13-9-27-19(8-16-17(23(27)29)11-34-25(32)22(16)28)21(13)26-18(15)5-6-20(14)33-10-12(2)24(30)31;1-2/h3,5-8,21-22,26,28H,1-2,4,9-11H2,(H,30,31);1-2H3. The van der Waals surface area contributed by atoms with Gasteiger partial charge in [0.1, 0.15) is 19.0 Å². The summed E-state index contributed by atoms with van der Waals surface area (Å²) in [5, 5.41) is 22.8. The first-order valence-corrected chi connectivity index (χ1v) is 11.7. The zero-order chi connectivity index (χ0) is 26.1. The summed E-state index contributed by atoms with van der Waals surface area (Å²) in [5.74, 6) is -1.36. The van der Waals surface area contributed by atoms with Gasteiger partial charge in [-0.05, 0) is 36.3 Å². The molecule has 1 aromatic carbocycles. The highest BCUT2D eigenvalue weighted by Gasteiger charge is 2.37. The number of cyclic esters (lactones) is 1. The number of allylic oxidation sites excluding steroid dienone is 1. The first-order valence-electron chi connectivity index (χ1n) is 11.7. The Kier molecular flexibility index (Phi) is 6.85. The molecule has 3 N–H and O–H groups in total. The topological polar surface area (TPSA) is 127 Å². The zero-order valence-electron chi connectivity index (χ0n) is 20.2. The molecule has 2 unspecified atom stereocenters. The van der Waals surface area contributed by atoms with Crippen molar-refractivity contribution >= 4 is 23.7 Å². The lowest BCUT2D eigenvalue weighted by atomic mass is 9.92. The molecule has 2 atom stereocenters. The van der Waals surface area contributed by atoms with Crippen LogP contribution in [0.2, 0.25) is 0 Å². The minimum atomic E-state index is -1.48. The predicted molar refractivity (Wildman–Crippen MR) is 134 cm³/mol. The molecule has 0 fully saturated rings. The number of carbonyl (C=O) groups excluding carboxylic acids is 1. The van der Waals surface area contributed by atoms with Gasteiger partial charge in [-0.25, -0.2) is 9.59 Å². The number of carboxylic acid groups (broad SMARTS) is 1. The molecule has 9 heteroatoms. The van der Waals surface area contributed by atoms with Gasteiger partial charge >= 0.3 is 11.9 Å². The number of esters is 1. The number of pyridine rings is 1. The number of rotatable bonds is 6. The van der Waals surface area contributed by atoms with E-state index in [1.165, 1.54) is 0 Å². The van der Waals surface area contributed by atoms with Crippen LogP contribution in [0.25, 0.3) is 6.08 Å². The molecule has 2 aromatic rings. The molecule has 0 aliphatic carbocycles. The van der Waals surface area contributed by atoms with E-state index in [-0.39, 0.29) is 41.5 Å². The number of ether oxygens (including phenoxy) is 2. The van der Waals surface area contributed by atoms with E-state index in [1.807, 2.05) is 26.0 Å². The van der Waals surface area contributed by atoms with Gasteiger partial charge in [-0.3, -0.25) is 4.79 Å². The van der Waals surface area contributed by atoms with Crippen LogP contribution >= 0.6 is 0 Å². The van der Waals surface area contributed by atoms with E-state index in [4.69, 9.17) is 14.6 Å². The van der Waals surface area contributed by atoms with Crippen LogP contribution < -0.4 is 15.6 Å². The minimum Gasteiger partial charge on any atom is -0.488 e. The number of aromatic nitrogens is 1. The van der Waals surface area contributed by atoms with Gasteiger partial charge in [0.2, 0.25) is 0 Å². The highest BCUT2D eigenvalue weighted by molar-refractivity contribution is 5.86. The number of benzene rings is 1. The lowest BCUT2D eigenvalue weighted by Gasteiger charge is -2.27. The van der Waals surface area contributed by atoms with Gasteiger partial charge in [0.05, 0.1) is 17.2 Å². The molecule has 4 heterocycles. The van der Waals surface area contributed by atoms with Crippen LogP contribution in [0.5, 0.6) is 5.75 Å². The van der Waals surface area contributed by atoms with Crippen LogP contribution in [0.1, 0.15) is 53.9 Å². The third kappa shape index (κ3) is 4.11. The third-order valence-corrected chi connectivity index (χ3v) is 6.35. The second-order valence-corrected chi connectivity index (χ2v) is 8.39. The highest BCUT2D eigenvalue weighted by Crippen LogP contribution is 2.44. The first kappa shape index (κ1) is 25.0. The molecule has 9 nitrogen and oxygen atoms in total. The van der Waals surface area contributed by atoms with Crippen LogP contribution in [-0.2, 0) is 33.9 Å². The number of hydrogen-bond acceptors (Lipinski definition) is 7. The smallest absolute Gasteiger partial charge is 0.340 e. The Hall–Kier alpha value is -4.11. The number of aliphatic carboxylic acids is 1. The van der Waals surface area contributed by atoms with Crippen LogP contribution in [0.3, 0.4) is 0 Å². The van der Waals surface area contributed by atoms with Gasteiger partial charge in [-0.15, -0.1) is 6.58 Å². The molecule has 1 aromatic heterocycles. The molecule has 0 saturated heterocycles. The van der Waals surface area contributed by atoms with Gasteiger partial charge in [-0.2, -0.15) is 0 Å². The molecule has 36 heavy (non-hydrogen) atoms. The van der Waals surface area contributed by atoms with Crippen molar-refractivity contribution in [2.75, 3.05) is 11.9 Å². The van der Waals surface area contributed by atoms with E-state index in [9.17, 15) is 19.5 Å². The largest absolute Gasteiger partial charge is 0.488 e. The van der Waals surface area contributed by atoms with E-state index in [2.05, 4.69) is 18.5 Å². The maximum absolute atomic E-state index is 13.1. The molecule has 5 rings (SSSR count). The third-order valence-electron chi connectivity index (χ3n) is 6.35. The molecule has 3 aliphatic rings. The van der Waals surface area contributed by atoms with Crippen LogP contribution in [0.4, 0.5) is 5.69 Å². The molecular formula is C27H28N2O7.